The number of carbonyl (C=O) groups is 4. The minimum Gasteiger partial charge on any atom is -0.481 e. The summed E-state index contributed by atoms with van der Waals surface area (Å²) >= 11 is 0. The number of carboxylic acids is 1. The van der Waals surface area contributed by atoms with Crippen molar-refractivity contribution < 1.29 is 24.3 Å². The summed E-state index contributed by atoms with van der Waals surface area (Å²) in [5, 5.41) is 11.5. The van der Waals surface area contributed by atoms with Gasteiger partial charge in [0, 0.05) is 0 Å². The molecule has 1 aliphatic carbocycles. The van der Waals surface area contributed by atoms with E-state index >= 15 is 0 Å². The van der Waals surface area contributed by atoms with Crippen LogP contribution in [-0.4, -0.2) is 45.8 Å². The average molecular weight is 296 g/mol. The number of rotatable bonds is 2. The van der Waals surface area contributed by atoms with Crippen LogP contribution >= 0.6 is 0 Å². The highest BCUT2D eigenvalue weighted by molar-refractivity contribution is 6.06. The SMILES string of the molecule is CC1CC(C(=O)O)C(C(=O)N2CC(=O)NC(=O)C2(C)C)C1. The molecule has 7 heteroatoms. The van der Waals surface area contributed by atoms with Gasteiger partial charge in [-0.2, -0.15) is 0 Å². The average Bonchev–Trinajstić information content (AvgIpc) is 2.75. The van der Waals surface area contributed by atoms with Crippen molar-refractivity contribution in [3.63, 3.8) is 0 Å². The van der Waals surface area contributed by atoms with Crippen molar-refractivity contribution in [1.82, 2.24) is 10.2 Å². The van der Waals surface area contributed by atoms with E-state index in [9.17, 15) is 24.3 Å². The van der Waals surface area contributed by atoms with Crippen molar-refractivity contribution in [3.05, 3.63) is 0 Å². The van der Waals surface area contributed by atoms with Crippen molar-refractivity contribution in [1.29, 1.82) is 0 Å². The highest BCUT2D eigenvalue weighted by Crippen LogP contribution is 2.38. The maximum absolute atomic E-state index is 12.7. The molecular weight excluding hydrogens is 276 g/mol. The molecular formula is C14H20N2O5. The summed E-state index contributed by atoms with van der Waals surface area (Å²) in [6.45, 7) is 4.80. The summed E-state index contributed by atoms with van der Waals surface area (Å²) in [4.78, 5) is 48.7. The molecule has 7 nitrogen and oxygen atoms in total. The second-order valence-corrected chi connectivity index (χ2v) is 6.49. The number of amides is 3. The predicted octanol–water partition coefficient (Wildman–Crippen LogP) is -0.00310. The van der Waals surface area contributed by atoms with E-state index in [0.717, 1.165) is 0 Å². The molecule has 0 aromatic rings. The number of aliphatic carboxylic acids is 1. The van der Waals surface area contributed by atoms with E-state index < -0.39 is 41.1 Å². The fourth-order valence-electron chi connectivity index (χ4n) is 3.17. The van der Waals surface area contributed by atoms with Gasteiger partial charge in [0.05, 0.1) is 11.8 Å². The molecule has 1 aliphatic heterocycles. The number of nitrogens with zero attached hydrogens (tertiary/aromatic N) is 1. The maximum Gasteiger partial charge on any atom is 0.307 e. The Morgan fingerprint density at radius 2 is 1.81 bits per heavy atom. The van der Waals surface area contributed by atoms with Crippen LogP contribution in [0.3, 0.4) is 0 Å². The van der Waals surface area contributed by atoms with Crippen molar-refractivity contribution in [2.45, 2.75) is 39.2 Å². The second kappa shape index (κ2) is 5.13. The molecule has 3 unspecified atom stereocenters. The van der Waals surface area contributed by atoms with Gasteiger partial charge in [-0.05, 0) is 32.6 Å². The van der Waals surface area contributed by atoms with Gasteiger partial charge in [-0.1, -0.05) is 6.92 Å². The van der Waals surface area contributed by atoms with E-state index in [1.54, 1.807) is 13.8 Å². The van der Waals surface area contributed by atoms with E-state index in [4.69, 9.17) is 0 Å². The first-order chi connectivity index (χ1) is 9.64. The molecule has 1 heterocycles. The molecule has 2 fully saturated rings. The van der Waals surface area contributed by atoms with Gasteiger partial charge < -0.3 is 10.0 Å². The summed E-state index contributed by atoms with van der Waals surface area (Å²) in [5.74, 6) is -3.77. The van der Waals surface area contributed by atoms with Gasteiger partial charge in [-0.15, -0.1) is 0 Å². The Hall–Kier alpha value is -1.92. The van der Waals surface area contributed by atoms with Gasteiger partial charge in [-0.3, -0.25) is 24.5 Å². The predicted molar refractivity (Wildman–Crippen MR) is 72.0 cm³/mol. The van der Waals surface area contributed by atoms with Gasteiger partial charge in [0.15, 0.2) is 0 Å². The molecule has 21 heavy (non-hydrogen) atoms. The van der Waals surface area contributed by atoms with E-state index in [0.29, 0.717) is 12.8 Å². The van der Waals surface area contributed by atoms with Crippen LogP contribution in [0, 0.1) is 17.8 Å². The molecule has 2 N–H and O–H groups in total. The Kier molecular flexibility index (Phi) is 3.78. The van der Waals surface area contributed by atoms with Gasteiger partial charge >= 0.3 is 5.97 Å². The van der Waals surface area contributed by atoms with Gasteiger partial charge in [0.1, 0.15) is 12.1 Å². The molecule has 116 valence electrons. The number of hydrogen-bond acceptors (Lipinski definition) is 4. The zero-order valence-corrected chi connectivity index (χ0v) is 12.4. The van der Waals surface area contributed by atoms with Crippen LogP contribution in [0.15, 0.2) is 0 Å². The van der Waals surface area contributed by atoms with Crippen molar-refractivity contribution in [2.24, 2.45) is 17.8 Å². The Balaban J connectivity index is 2.27. The highest BCUT2D eigenvalue weighted by atomic mass is 16.4. The summed E-state index contributed by atoms with van der Waals surface area (Å²) in [7, 11) is 0. The van der Waals surface area contributed by atoms with Crippen LogP contribution in [0.25, 0.3) is 0 Å². The fourth-order valence-corrected chi connectivity index (χ4v) is 3.17. The molecule has 3 atom stereocenters. The molecule has 3 amide bonds. The molecule has 0 radical (unpaired) electrons. The third kappa shape index (κ3) is 2.64. The lowest BCUT2D eigenvalue weighted by molar-refractivity contribution is -0.160. The Morgan fingerprint density at radius 3 is 2.38 bits per heavy atom. The first-order valence-electron chi connectivity index (χ1n) is 7.03. The third-order valence-electron chi connectivity index (χ3n) is 4.48. The van der Waals surface area contributed by atoms with Crippen LogP contribution in [-0.2, 0) is 19.2 Å². The smallest absolute Gasteiger partial charge is 0.307 e. The molecule has 0 aromatic carbocycles. The molecule has 2 aliphatic rings. The molecule has 0 bridgehead atoms. The Bertz CT molecular complexity index is 513. The lowest BCUT2D eigenvalue weighted by Crippen LogP contribution is -2.66. The summed E-state index contributed by atoms with van der Waals surface area (Å²) < 4.78 is 0. The number of carboxylic acid groups (broad SMARTS) is 1. The van der Waals surface area contributed by atoms with Crippen molar-refractivity contribution in [3.8, 4) is 0 Å². The molecule has 1 saturated heterocycles. The first kappa shape index (κ1) is 15.5. The first-order valence-corrected chi connectivity index (χ1v) is 7.03. The lowest BCUT2D eigenvalue weighted by atomic mass is 9.90. The van der Waals surface area contributed by atoms with Crippen LogP contribution in [0.1, 0.15) is 33.6 Å². The fraction of sp³-hybridized carbons (Fsp3) is 0.714. The zero-order chi connectivity index (χ0) is 15.9. The second-order valence-electron chi connectivity index (χ2n) is 6.49. The largest absolute Gasteiger partial charge is 0.481 e. The third-order valence-corrected chi connectivity index (χ3v) is 4.48. The van der Waals surface area contributed by atoms with Crippen LogP contribution < -0.4 is 5.32 Å². The summed E-state index contributed by atoms with van der Waals surface area (Å²) in [6.07, 6.45) is 0.915. The Labute approximate surface area is 122 Å². The van der Waals surface area contributed by atoms with Crippen molar-refractivity contribution in [2.75, 3.05) is 6.54 Å². The molecule has 1 saturated carbocycles. The topological polar surface area (TPSA) is 104 Å². The van der Waals surface area contributed by atoms with Crippen LogP contribution in [0.2, 0.25) is 0 Å². The van der Waals surface area contributed by atoms with E-state index in [2.05, 4.69) is 5.32 Å². The summed E-state index contributed by atoms with van der Waals surface area (Å²) in [5.41, 5.74) is -1.15. The Morgan fingerprint density at radius 1 is 1.24 bits per heavy atom. The monoisotopic (exact) mass is 296 g/mol. The van der Waals surface area contributed by atoms with Gasteiger partial charge in [0.25, 0.3) is 5.91 Å². The number of piperazine rings is 1. The number of imide groups is 1. The van der Waals surface area contributed by atoms with E-state index in [1.165, 1.54) is 4.90 Å². The summed E-state index contributed by atoms with van der Waals surface area (Å²) in [6, 6.07) is 0. The minimum absolute atomic E-state index is 0.137. The van der Waals surface area contributed by atoms with Crippen LogP contribution in [0.4, 0.5) is 0 Å². The van der Waals surface area contributed by atoms with Crippen molar-refractivity contribution >= 4 is 23.7 Å². The van der Waals surface area contributed by atoms with Crippen LogP contribution in [0.5, 0.6) is 0 Å². The normalized spacial score (nSPS) is 32.0. The quantitative estimate of drug-likeness (QED) is 0.698. The zero-order valence-electron chi connectivity index (χ0n) is 12.4. The van der Waals surface area contributed by atoms with Gasteiger partial charge in [0.2, 0.25) is 11.8 Å². The molecule has 2 rings (SSSR count). The maximum atomic E-state index is 12.7. The number of nitrogens with one attached hydrogen (secondary N) is 1. The number of hydrogen-bond donors (Lipinski definition) is 2. The minimum atomic E-state index is -1.15. The number of carbonyl (C=O) groups excluding carboxylic acids is 3. The van der Waals surface area contributed by atoms with Gasteiger partial charge in [-0.25, -0.2) is 0 Å². The van der Waals surface area contributed by atoms with E-state index in [-0.39, 0.29) is 12.5 Å². The van der Waals surface area contributed by atoms with E-state index in [1.807, 2.05) is 6.92 Å². The highest BCUT2D eigenvalue weighted by Gasteiger charge is 2.49. The molecule has 0 aromatic heterocycles. The standard InChI is InChI=1S/C14H20N2O5/c1-7-4-8(9(5-7)12(19)20)11(18)16-6-10(17)15-13(21)14(16,2)3/h7-9H,4-6H2,1-3H3,(H,19,20)(H,15,17,21). The molecule has 0 spiro atoms. The lowest BCUT2D eigenvalue weighted by Gasteiger charge is -2.41.